The number of nitrogens with one attached hydrogen (secondary N) is 2. The highest BCUT2D eigenvalue weighted by atomic mass is 32.2. The second-order valence-electron chi connectivity index (χ2n) is 9.54. The molecule has 0 radical (unpaired) electrons. The molecular weight excluding hydrogens is 595 g/mol. The van der Waals surface area contributed by atoms with Gasteiger partial charge < -0.3 is 15.8 Å². The topological polar surface area (TPSA) is 134 Å². The molecule has 1 aliphatic rings. The number of hydrogen-bond acceptors (Lipinski definition) is 8. The Morgan fingerprint density at radius 2 is 1.51 bits per heavy atom. The van der Waals surface area contributed by atoms with E-state index >= 15 is 0 Å². The summed E-state index contributed by atoms with van der Waals surface area (Å²) < 4.78 is 102. The van der Waals surface area contributed by atoms with Crippen molar-refractivity contribution in [1.82, 2.24) is 14.3 Å². The summed E-state index contributed by atoms with van der Waals surface area (Å²) in [7, 11) is -5.13. The van der Waals surface area contributed by atoms with Crippen molar-refractivity contribution < 1.29 is 35.1 Å². The molecule has 1 saturated heterocycles. The maximum Gasteiger partial charge on any atom is 0.249 e. The molecule has 5 rings (SSSR count). The van der Waals surface area contributed by atoms with Gasteiger partial charge in [0, 0.05) is 24.7 Å². The van der Waals surface area contributed by atoms with E-state index in [0.717, 1.165) is 6.33 Å². The van der Waals surface area contributed by atoms with Gasteiger partial charge in [0.25, 0.3) is 0 Å². The average Bonchev–Trinajstić information content (AvgIpc) is 3.00. The zero-order valence-electron chi connectivity index (χ0n) is 22.1. The van der Waals surface area contributed by atoms with Gasteiger partial charge in [0.05, 0.1) is 11.3 Å². The Hall–Kier alpha value is -4.63. The molecule has 9 nitrogen and oxygen atoms in total. The molecule has 4 N–H and O–H groups in total. The molecule has 2 heterocycles. The zero-order chi connectivity index (χ0) is 30.9. The van der Waals surface area contributed by atoms with Gasteiger partial charge >= 0.3 is 0 Å². The Bertz CT molecular complexity index is 1760. The molecule has 1 aliphatic heterocycles. The minimum Gasteiger partial charge on any atom is -0.457 e. The van der Waals surface area contributed by atoms with Gasteiger partial charge in [0.2, 0.25) is 15.8 Å². The van der Waals surface area contributed by atoms with Crippen molar-refractivity contribution in [3.05, 3.63) is 101 Å². The molecule has 0 aliphatic carbocycles. The van der Waals surface area contributed by atoms with Crippen LogP contribution in [0.4, 0.5) is 33.6 Å². The van der Waals surface area contributed by atoms with Gasteiger partial charge in [0.1, 0.15) is 29.5 Å². The summed E-state index contributed by atoms with van der Waals surface area (Å²) in [5, 5.41) is 11.8. The molecule has 1 aromatic heterocycles. The third kappa shape index (κ3) is 5.85. The monoisotopic (exact) mass is 618 g/mol. The van der Waals surface area contributed by atoms with Crippen LogP contribution in [0.5, 0.6) is 11.5 Å². The fraction of sp³-hybridized carbons (Fsp3) is 0.179. The van der Waals surface area contributed by atoms with Gasteiger partial charge in [-0.3, -0.25) is 5.41 Å². The standard InChI is InChI=1S/C28H23F5N6O3S/c29-20-21(30)23(32)26(24(33)22(20)31)43(40,41)39-12-4-5-16(13-39)38-28-19(27(35)36-14-37-28)25(34)15-8-10-18(11-9-15)42-17-6-2-1-3-7-17/h1-3,6-11,14,16,34H,4-5,12-13H2,(H3,35,36,37,38). The highest BCUT2D eigenvalue weighted by Gasteiger charge is 2.39. The van der Waals surface area contributed by atoms with Gasteiger partial charge in [-0.2, -0.15) is 4.31 Å². The summed E-state index contributed by atoms with van der Waals surface area (Å²) in [6.45, 7) is -0.629. The molecule has 1 unspecified atom stereocenters. The van der Waals surface area contributed by atoms with Crippen LogP contribution in [0.25, 0.3) is 0 Å². The number of rotatable bonds is 8. The van der Waals surface area contributed by atoms with Crippen molar-refractivity contribution in [3.63, 3.8) is 0 Å². The highest BCUT2D eigenvalue weighted by Crippen LogP contribution is 2.32. The van der Waals surface area contributed by atoms with Crippen LogP contribution in [0, 0.1) is 34.5 Å². The molecule has 0 saturated carbocycles. The third-order valence-corrected chi connectivity index (χ3v) is 8.63. The van der Waals surface area contributed by atoms with E-state index in [-0.39, 0.29) is 35.9 Å². The van der Waals surface area contributed by atoms with Crippen LogP contribution in [-0.2, 0) is 10.0 Å². The highest BCUT2D eigenvalue weighted by molar-refractivity contribution is 7.89. The van der Waals surface area contributed by atoms with E-state index in [2.05, 4.69) is 15.3 Å². The number of piperidine rings is 1. The number of hydrogen-bond donors (Lipinski definition) is 3. The Morgan fingerprint density at radius 1 is 0.907 bits per heavy atom. The minimum atomic E-state index is -5.13. The van der Waals surface area contributed by atoms with Gasteiger partial charge in [0.15, 0.2) is 28.2 Å². The van der Waals surface area contributed by atoms with E-state index in [4.69, 9.17) is 15.9 Å². The Kier molecular flexibility index (Phi) is 8.28. The zero-order valence-corrected chi connectivity index (χ0v) is 22.9. The molecule has 43 heavy (non-hydrogen) atoms. The van der Waals surface area contributed by atoms with Crippen molar-refractivity contribution in [2.24, 2.45) is 0 Å². The van der Waals surface area contributed by atoms with Crippen LogP contribution in [-0.4, -0.2) is 47.5 Å². The van der Waals surface area contributed by atoms with E-state index in [0.29, 0.717) is 27.8 Å². The van der Waals surface area contributed by atoms with Crippen molar-refractivity contribution in [1.29, 1.82) is 5.41 Å². The predicted octanol–water partition coefficient (Wildman–Crippen LogP) is 5.23. The van der Waals surface area contributed by atoms with E-state index in [9.17, 15) is 30.4 Å². The van der Waals surface area contributed by atoms with Crippen molar-refractivity contribution >= 4 is 27.4 Å². The number of para-hydroxylation sites is 1. The quantitative estimate of drug-likeness (QED) is 0.107. The van der Waals surface area contributed by atoms with Gasteiger partial charge in [-0.25, -0.2) is 40.3 Å². The molecule has 1 fully saturated rings. The molecule has 0 amide bonds. The van der Waals surface area contributed by atoms with E-state index in [1.54, 1.807) is 36.4 Å². The Balaban J connectivity index is 1.37. The van der Waals surface area contributed by atoms with Gasteiger partial charge in [-0.1, -0.05) is 18.2 Å². The lowest BCUT2D eigenvalue weighted by molar-refractivity contribution is 0.316. The van der Waals surface area contributed by atoms with Crippen molar-refractivity contribution in [2.75, 3.05) is 24.1 Å². The summed E-state index contributed by atoms with van der Waals surface area (Å²) in [4.78, 5) is 6.20. The van der Waals surface area contributed by atoms with E-state index in [1.165, 1.54) is 0 Å². The van der Waals surface area contributed by atoms with Gasteiger partial charge in [-0.15, -0.1) is 0 Å². The van der Waals surface area contributed by atoms with Crippen LogP contribution in [0.15, 0.2) is 65.8 Å². The lowest BCUT2D eigenvalue weighted by Gasteiger charge is -2.33. The summed E-state index contributed by atoms with van der Waals surface area (Å²) >= 11 is 0. The number of nitrogen functional groups attached to an aromatic ring is 1. The van der Waals surface area contributed by atoms with Crippen LogP contribution >= 0.6 is 0 Å². The number of sulfonamides is 1. The van der Waals surface area contributed by atoms with Crippen LogP contribution < -0.4 is 15.8 Å². The summed E-state index contributed by atoms with van der Waals surface area (Å²) in [5.41, 5.74) is 6.58. The second kappa shape index (κ2) is 11.9. The Morgan fingerprint density at radius 3 is 2.16 bits per heavy atom. The largest absolute Gasteiger partial charge is 0.457 e. The fourth-order valence-electron chi connectivity index (χ4n) is 4.63. The third-order valence-electron chi connectivity index (χ3n) is 6.74. The minimum absolute atomic E-state index is 0.0474. The normalized spacial score (nSPS) is 15.7. The SMILES string of the molecule is N=C(c1ccc(Oc2ccccc2)cc1)c1c(N)ncnc1NC1CCCN(S(=O)(=O)c2c(F)c(F)c(F)c(F)c2F)C1. The second-order valence-corrected chi connectivity index (χ2v) is 11.4. The number of benzene rings is 3. The van der Waals surface area contributed by atoms with E-state index in [1.807, 2.05) is 18.2 Å². The number of anilines is 2. The summed E-state index contributed by atoms with van der Waals surface area (Å²) in [5.74, 6) is -10.9. The summed E-state index contributed by atoms with van der Waals surface area (Å²) in [6, 6.07) is 14.9. The number of nitrogens with two attached hydrogens (primary N) is 1. The number of ether oxygens (including phenoxy) is 1. The first-order chi connectivity index (χ1) is 20.5. The maximum atomic E-state index is 14.4. The molecular formula is C28H23F5N6O3S. The number of halogens is 5. The number of nitrogens with zero attached hydrogens (tertiary/aromatic N) is 3. The molecule has 1 atom stereocenters. The fourth-order valence-corrected chi connectivity index (χ4v) is 6.26. The molecule has 0 spiro atoms. The molecule has 3 aromatic carbocycles. The maximum absolute atomic E-state index is 14.4. The average molecular weight is 619 g/mol. The van der Waals surface area contributed by atoms with Crippen LogP contribution in [0.2, 0.25) is 0 Å². The first-order valence-electron chi connectivity index (χ1n) is 12.8. The first kappa shape index (κ1) is 29.8. The smallest absolute Gasteiger partial charge is 0.249 e. The lowest BCUT2D eigenvalue weighted by atomic mass is 10.0. The van der Waals surface area contributed by atoms with Crippen LogP contribution in [0.3, 0.4) is 0 Å². The first-order valence-corrected chi connectivity index (χ1v) is 14.2. The predicted molar refractivity (Wildman–Crippen MR) is 147 cm³/mol. The lowest BCUT2D eigenvalue weighted by Crippen LogP contribution is -2.46. The molecule has 4 aromatic rings. The van der Waals surface area contributed by atoms with E-state index < -0.39 is 56.6 Å². The van der Waals surface area contributed by atoms with Crippen LogP contribution in [0.1, 0.15) is 24.0 Å². The molecule has 15 heteroatoms. The molecule has 224 valence electrons. The summed E-state index contributed by atoms with van der Waals surface area (Å²) in [6.07, 6.45) is 1.67. The van der Waals surface area contributed by atoms with Crippen molar-refractivity contribution in [2.45, 2.75) is 23.8 Å². The Labute approximate surface area is 242 Å². The van der Waals surface area contributed by atoms with Crippen molar-refractivity contribution in [3.8, 4) is 11.5 Å². The van der Waals surface area contributed by atoms with Gasteiger partial charge in [-0.05, 0) is 49.2 Å². The molecule has 0 bridgehead atoms. The number of aromatic nitrogens is 2.